The van der Waals surface area contributed by atoms with E-state index in [9.17, 15) is 0 Å². The van der Waals surface area contributed by atoms with E-state index in [0.29, 0.717) is 0 Å². The zero-order chi connectivity index (χ0) is 10.4. The van der Waals surface area contributed by atoms with E-state index in [1.807, 2.05) is 0 Å². The highest BCUT2D eigenvalue weighted by atomic mass is 79.9. The summed E-state index contributed by atoms with van der Waals surface area (Å²) in [4.78, 5) is 0. The molecule has 2 nitrogen and oxygen atoms in total. The van der Waals surface area contributed by atoms with Crippen molar-refractivity contribution >= 4 is 26.8 Å². The summed E-state index contributed by atoms with van der Waals surface area (Å²) < 4.78 is 3.52. The Kier molecular flexibility index (Phi) is 2.11. The number of nitrogens with zero attached hydrogens (tertiary/aromatic N) is 1. The predicted molar refractivity (Wildman–Crippen MR) is 65.8 cm³/mol. The van der Waals surface area contributed by atoms with Crippen LogP contribution >= 0.6 is 15.9 Å². The van der Waals surface area contributed by atoms with E-state index in [-0.39, 0.29) is 6.04 Å². The lowest BCUT2D eigenvalue weighted by Gasteiger charge is -2.21. The Morgan fingerprint density at radius 1 is 1.40 bits per heavy atom. The van der Waals surface area contributed by atoms with Crippen molar-refractivity contribution in [2.75, 3.05) is 0 Å². The molecule has 78 valence electrons. The molecule has 1 aliphatic heterocycles. The number of aromatic nitrogens is 1. The molecular formula is C12H13BrN2. The molecule has 0 amide bonds. The highest BCUT2D eigenvalue weighted by molar-refractivity contribution is 9.10. The second-order valence-electron chi connectivity index (χ2n) is 4.14. The van der Waals surface area contributed by atoms with Crippen molar-refractivity contribution in [3.05, 3.63) is 34.4 Å². The van der Waals surface area contributed by atoms with Crippen LogP contribution in [0.1, 0.15) is 24.6 Å². The van der Waals surface area contributed by atoms with Gasteiger partial charge in [-0.1, -0.05) is 22.0 Å². The third-order valence-electron chi connectivity index (χ3n) is 3.20. The standard InChI is InChI=1S/C12H13BrN2/c13-9-3-1-5-11-8(9)7-12-10(14)4-2-6-15(11)12/h1,3,5,7,10H,2,4,6,14H2. The summed E-state index contributed by atoms with van der Waals surface area (Å²) in [6.45, 7) is 1.10. The highest BCUT2D eigenvalue weighted by Gasteiger charge is 2.19. The number of benzene rings is 1. The van der Waals surface area contributed by atoms with Crippen LogP contribution in [0.2, 0.25) is 0 Å². The van der Waals surface area contributed by atoms with E-state index in [0.717, 1.165) is 17.4 Å². The highest BCUT2D eigenvalue weighted by Crippen LogP contribution is 2.33. The minimum Gasteiger partial charge on any atom is -0.343 e. The second kappa shape index (κ2) is 3.35. The van der Waals surface area contributed by atoms with Crippen molar-refractivity contribution in [2.24, 2.45) is 5.73 Å². The van der Waals surface area contributed by atoms with Crippen molar-refractivity contribution in [1.82, 2.24) is 4.57 Å². The second-order valence-corrected chi connectivity index (χ2v) is 5.00. The molecule has 3 rings (SSSR count). The van der Waals surface area contributed by atoms with Crippen molar-refractivity contribution in [3.8, 4) is 0 Å². The number of hydrogen-bond donors (Lipinski definition) is 1. The first-order valence-electron chi connectivity index (χ1n) is 5.30. The Labute approximate surface area is 97.2 Å². The fourth-order valence-corrected chi connectivity index (χ4v) is 2.91. The third-order valence-corrected chi connectivity index (χ3v) is 3.89. The van der Waals surface area contributed by atoms with Gasteiger partial charge in [0, 0.05) is 33.7 Å². The number of fused-ring (bicyclic) bond motifs is 3. The number of hydrogen-bond acceptors (Lipinski definition) is 1. The maximum Gasteiger partial charge on any atom is 0.0494 e. The van der Waals surface area contributed by atoms with Gasteiger partial charge in [-0.2, -0.15) is 0 Å². The number of aryl methyl sites for hydroxylation is 1. The van der Waals surface area contributed by atoms with Gasteiger partial charge in [0.2, 0.25) is 0 Å². The van der Waals surface area contributed by atoms with Gasteiger partial charge in [0.15, 0.2) is 0 Å². The normalized spacial score (nSPS) is 20.5. The first-order valence-corrected chi connectivity index (χ1v) is 6.10. The molecule has 2 aromatic rings. The van der Waals surface area contributed by atoms with Gasteiger partial charge in [0.1, 0.15) is 0 Å². The van der Waals surface area contributed by atoms with Crippen LogP contribution in [0.5, 0.6) is 0 Å². The molecule has 15 heavy (non-hydrogen) atoms. The molecule has 0 saturated carbocycles. The summed E-state index contributed by atoms with van der Waals surface area (Å²) in [5.41, 5.74) is 8.71. The van der Waals surface area contributed by atoms with Crippen LogP contribution in [0, 0.1) is 0 Å². The van der Waals surface area contributed by atoms with Crippen LogP contribution in [0.15, 0.2) is 28.7 Å². The molecule has 0 radical (unpaired) electrons. The van der Waals surface area contributed by atoms with Gasteiger partial charge in [0.25, 0.3) is 0 Å². The van der Waals surface area contributed by atoms with Crippen LogP contribution < -0.4 is 5.73 Å². The molecular weight excluding hydrogens is 252 g/mol. The van der Waals surface area contributed by atoms with Gasteiger partial charge in [-0.25, -0.2) is 0 Å². The quantitative estimate of drug-likeness (QED) is 0.779. The van der Waals surface area contributed by atoms with Crippen molar-refractivity contribution < 1.29 is 0 Å². The molecule has 3 heteroatoms. The van der Waals surface area contributed by atoms with Crippen LogP contribution in [0.3, 0.4) is 0 Å². The molecule has 1 unspecified atom stereocenters. The minimum atomic E-state index is 0.207. The molecule has 1 aromatic heterocycles. The Bertz CT molecular complexity index is 516. The molecule has 2 N–H and O–H groups in total. The van der Waals surface area contributed by atoms with Crippen molar-refractivity contribution in [3.63, 3.8) is 0 Å². The Morgan fingerprint density at radius 3 is 3.13 bits per heavy atom. The molecule has 0 spiro atoms. The van der Waals surface area contributed by atoms with E-state index in [1.165, 1.54) is 23.0 Å². The van der Waals surface area contributed by atoms with Gasteiger partial charge < -0.3 is 10.3 Å². The third kappa shape index (κ3) is 1.34. The van der Waals surface area contributed by atoms with Gasteiger partial charge in [-0.05, 0) is 31.0 Å². The Hall–Kier alpha value is -0.800. The summed E-state index contributed by atoms with van der Waals surface area (Å²) in [6.07, 6.45) is 2.29. The van der Waals surface area contributed by atoms with Crippen LogP contribution in [-0.2, 0) is 6.54 Å². The van der Waals surface area contributed by atoms with Gasteiger partial charge >= 0.3 is 0 Å². The molecule has 1 aliphatic rings. The van der Waals surface area contributed by atoms with Crippen LogP contribution in [0.4, 0.5) is 0 Å². The summed E-state index contributed by atoms with van der Waals surface area (Å²) in [6, 6.07) is 8.77. The van der Waals surface area contributed by atoms with Gasteiger partial charge in [-0.15, -0.1) is 0 Å². The van der Waals surface area contributed by atoms with Crippen molar-refractivity contribution in [2.45, 2.75) is 25.4 Å². The van der Waals surface area contributed by atoms with E-state index in [4.69, 9.17) is 5.73 Å². The van der Waals surface area contributed by atoms with Gasteiger partial charge in [0.05, 0.1) is 0 Å². The molecule has 0 bridgehead atoms. The summed E-state index contributed by atoms with van der Waals surface area (Å²) >= 11 is 3.59. The molecule has 1 aromatic carbocycles. The summed E-state index contributed by atoms with van der Waals surface area (Å²) in [5.74, 6) is 0. The topological polar surface area (TPSA) is 30.9 Å². The fraction of sp³-hybridized carbons (Fsp3) is 0.333. The van der Waals surface area contributed by atoms with E-state index >= 15 is 0 Å². The summed E-state index contributed by atoms with van der Waals surface area (Å²) in [5, 5.41) is 1.28. The average Bonchev–Trinajstić information content (AvgIpc) is 2.60. The van der Waals surface area contributed by atoms with Crippen LogP contribution in [-0.4, -0.2) is 4.57 Å². The smallest absolute Gasteiger partial charge is 0.0494 e. The first-order chi connectivity index (χ1) is 7.27. The Morgan fingerprint density at radius 2 is 2.27 bits per heavy atom. The van der Waals surface area contributed by atoms with E-state index in [2.05, 4.69) is 44.8 Å². The van der Waals surface area contributed by atoms with Gasteiger partial charge in [-0.3, -0.25) is 0 Å². The zero-order valence-electron chi connectivity index (χ0n) is 8.41. The lowest BCUT2D eigenvalue weighted by molar-refractivity contribution is 0.471. The fourth-order valence-electron chi connectivity index (χ4n) is 2.44. The molecule has 0 saturated heterocycles. The van der Waals surface area contributed by atoms with E-state index in [1.54, 1.807) is 0 Å². The molecule has 0 aliphatic carbocycles. The summed E-state index contributed by atoms with van der Waals surface area (Å²) in [7, 11) is 0. The Balaban J connectivity index is 2.35. The maximum absolute atomic E-state index is 6.12. The van der Waals surface area contributed by atoms with E-state index < -0.39 is 0 Å². The number of halogens is 1. The average molecular weight is 265 g/mol. The lowest BCUT2D eigenvalue weighted by Crippen LogP contribution is -2.20. The largest absolute Gasteiger partial charge is 0.343 e. The lowest BCUT2D eigenvalue weighted by atomic mass is 10.1. The molecule has 1 atom stereocenters. The minimum absolute atomic E-state index is 0.207. The first kappa shape index (κ1) is 9.43. The monoisotopic (exact) mass is 264 g/mol. The maximum atomic E-state index is 6.12. The molecule has 2 heterocycles. The number of rotatable bonds is 0. The zero-order valence-corrected chi connectivity index (χ0v) is 10.00. The predicted octanol–water partition coefficient (Wildman–Crippen LogP) is 3.20. The molecule has 0 fully saturated rings. The number of nitrogens with two attached hydrogens (primary N) is 1. The van der Waals surface area contributed by atoms with Crippen molar-refractivity contribution in [1.29, 1.82) is 0 Å². The SMILES string of the molecule is NC1CCCn2c1cc1c(Br)cccc12. The van der Waals surface area contributed by atoms with Crippen LogP contribution in [0.25, 0.3) is 10.9 Å².